The fraction of sp³-hybridized carbons (Fsp3) is 0.300. The molecule has 0 bridgehead atoms. The molecule has 0 aromatic heterocycles. The fourth-order valence-electron chi connectivity index (χ4n) is 4.99. The Labute approximate surface area is 234 Å². The third kappa shape index (κ3) is 5.98. The van der Waals surface area contributed by atoms with Crippen LogP contribution in [0.2, 0.25) is 5.02 Å². The lowest BCUT2D eigenvalue weighted by molar-refractivity contribution is -0.274. The number of carbonyl (C=O) groups is 1. The van der Waals surface area contributed by atoms with E-state index in [1.54, 1.807) is 53.4 Å². The van der Waals surface area contributed by atoms with E-state index in [4.69, 9.17) is 21.4 Å². The highest BCUT2D eigenvalue weighted by molar-refractivity contribution is 6.30. The van der Waals surface area contributed by atoms with E-state index in [1.807, 2.05) is 0 Å². The summed E-state index contributed by atoms with van der Waals surface area (Å²) in [6.45, 7) is 0.294. The third-order valence-electron chi connectivity index (χ3n) is 7.02. The predicted molar refractivity (Wildman–Crippen MR) is 146 cm³/mol. The first-order valence-corrected chi connectivity index (χ1v) is 13.0. The molecule has 1 amide bonds. The number of hydrogen-bond acceptors (Lipinski definition) is 5. The lowest BCUT2D eigenvalue weighted by Gasteiger charge is -2.27. The number of hydrogen-bond donors (Lipinski definition) is 2. The number of amides is 1. The van der Waals surface area contributed by atoms with Crippen LogP contribution in [0.3, 0.4) is 0 Å². The molecule has 0 saturated heterocycles. The van der Waals surface area contributed by atoms with Gasteiger partial charge in [0.1, 0.15) is 17.5 Å². The average molecular weight is 571 g/mol. The molecule has 1 fully saturated rings. The van der Waals surface area contributed by atoms with Gasteiger partial charge in [-0.3, -0.25) is 4.79 Å². The molecule has 3 aromatic carbocycles. The van der Waals surface area contributed by atoms with Crippen molar-refractivity contribution in [3.05, 3.63) is 82.4 Å². The van der Waals surface area contributed by atoms with Gasteiger partial charge in [-0.25, -0.2) is 0 Å². The SMILES string of the molecule is COc1cc(C#CCCO)cc(NC(C(=O)N2CC3(CC3)c3ccc(OC(F)(F)F)cc32)c2ccc(Cl)cc2)c1. The summed E-state index contributed by atoms with van der Waals surface area (Å²) in [5, 5.41) is 12.8. The van der Waals surface area contributed by atoms with Crippen molar-refractivity contribution < 1.29 is 32.5 Å². The zero-order valence-electron chi connectivity index (χ0n) is 21.5. The van der Waals surface area contributed by atoms with Crippen LogP contribution in [0.25, 0.3) is 0 Å². The van der Waals surface area contributed by atoms with E-state index in [1.165, 1.54) is 19.2 Å². The van der Waals surface area contributed by atoms with Crippen molar-refractivity contribution in [2.24, 2.45) is 0 Å². The minimum atomic E-state index is -4.85. The topological polar surface area (TPSA) is 71.0 Å². The van der Waals surface area contributed by atoms with Crippen LogP contribution in [0, 0.1) is 11.8 Å². The molecule has 10 heteroatoms. The lowest BCUT2D eigenvalue weighted by atomic mass is 9.99. The summed E-state index contributed by atoms with van der Waals surface area (Å²) in [5.41, 5.74) is 2.77. The molecule has 1 spiro atoms. The van der Waals surface area contributed by atoms with Gasteiger partial charge in [0, 0.05) is 46.8 Å². The Kier molecular flexibility index (Phi) is 7.58. The molecule has 1 saturated carbocycles. The van der Waals surface area contributed by atoms with E-state index >= 15 is 0 Å². The van der Waals surface area contributed by atoms with E-state index in [0.717, 1.165) is 18.4 Å². The molecule has 0 radical (unpaired) electrons. The molecular weight excluding hydrogens is 545 g/mol. The van der Waals surface area contributed by atoms with Gasteiger partial charge < -0.3 is 24.8 Å². The number of alkyl halides is 3. The summed E-state index contributed by atoms with van der Waals surface area (Å²) < 4.78 is 48.5. The number of aliphatic hydroxyl groups excluding tert-OH is 1. The number of fused-ring (bicyclic) bond motifs is 2. The highest BCUT2D eigenvalue weighted by Gasteiger charge is 2.54. The number of anilines is 2. The number of carbonyl (C=O) groups excluding carboxylic acids is 1. The van der Waals surface area contributed by atoms with Crippen molar-refractivity contribution in [3.8, 4) is 23.3 Å². The number of benzene rings is 3. The van der Waals surface area contributed by atoms with Crippen LogP contribution < -0.4 is 19.7 Å². The van der Waals surface area contributed by atoms with Crippen LogP contribution in [0.15, 0.2) is 60.7 Å². The molecule has 5 rings (SSSR count). The minimum Gasteiger partial charge on any atom is -0.497 e. The van der Waals surface area contributed by atoms with Crippen LogP contribution in [-0.2, 0) is 10.2 Å². The number of methoxy groups -OCH3 is 1. The Hall–Kier alpha value is -3.87. The number of ether oxygens (including phenoxy) is 2. The van der Waals surface area contributed by atoms with Crippen LogP contribution in [0.1, 0.15) is 42.0 Å². The van der Waals surface area contributed by atoms with Gasteiger partial charge in [-0.1, -0.05) is 41.6 Å². The van der Waals surface area contributed by atoms with Gasteiger partial charge in [-0.15, -0.1) is 13.2 Å². The molecule has 40 heavy (non-hydrogen) atoms. The number of nitrogens with one attached hydrogen (secondary N) is 1. The number of halogens is 4. The lowest BCUT2D eigenvalue weighted by Crippen LogP contribution is -2.38. The van der Waals surface area contributed by atoms with Gasteiger partial charge in [-0.2, -0.15) is 0 Å². The molecular formula is C30H26ClF3N2O4. The molecule has 1 heterocycles. The van der Waals surface area contributed by atoms with Gasteiger partial charge >= 0.3 is 6.36 Å². The van der Waals surface area contributed by atoms with E-state index in [9.17, 15) is 18.0 Å². The van der Waals surface area contributed by atoms with Crippen molar-refractivity contribution in [1.82, 2.24) is 0 Å². The molecule has 2 aliphatic rings. The van der Waals surface area contributed by atoms with E-state index in [2.05, 4.69) is 21.9 Å². The number of nitrogens with zero attached hydrogens (tertiary/aromatic N) is 1. The summed E-state index contributed by atoms with van der Waals surface area (Å²) in [4.78, 5) is 15.8. The van der Waals surface area contributed by atoms with Crippen molar-refractivity contribution in [2.75, 3.05) is 30.5 Å². The standard InChI is InChI=1S/C30H26ClF3N2O4/c1-39-24-15-19(4-2-3-13-37)14-22(16-24)35-27(20-5-7-21(31)8-6-20)28(38)36-18-29(11-12-29)25-10-9-23(17-26(25)36)40-30(32,33)34/h5-10,14-17,27,35,37H,3,11-13,18H2,1H3. The molecule has 3 aromatic rings. The second-order valence-corrected chi connectivity index (χ2v) is 10.2. The molecule has 2 N–H and O–H groups in total. The summed E-state index contributed by atoms with van der Waals surface area (Å²) in [5.74, 6) is 5.64. The summed E-state index contributed by atoms with van der Waals surface area (Å²) in [6, 6.07) is 15.3. The Balaban J connectivity index is 1.53. The van der Waals surface area contributed by atoms with Crippen LogP contribution >= 0.6 is 11.6 Å². The monoisotopic (exact) mass is 570 g/mol. The molecule has 6 nitrogen and oxygen atoms in total. The van der Waals surface area contributed by atoms with Gasteiger partial charge in [0.2, 0.25) is 0 Å². The van der Waals surface area contributed by atoms with Crippen LogP contribution in [0.4, 0.5) is 24.5 Å². The third-order valence-corrected chi connectivity index (χ3v) is 7.27. The zero-order chi connectivity index (χ0) is 28.5. The second kappa shape index (κ2) is 11.0. The average Bonchev–Trinajstić information content (AvgIpc) is 3.63. The molecule has 1 aliphatic carbocycles. The maximum atomic E-state index is 14.2. The second-order valence-electron chi connectivity index (χ2n) is 9.79. The highest BCUT2D eigenvalue weighted by atomic mass is 35.5. The van der Waals surface area contributed by atoms with Crippen LogP contribution in [-0.4, -0.2) is 37.6 Å². The number of rotatable bonds is 7. The van der Waals surface area contributed by atoms with Crippen molar-refractivity contribution >= 4 is 28.9 Å². The Morgan fingerprint density at radius 2 is 1.88 bits per heavy atom. The summed E-state index contributed by atoms with van der Waals surface area (Å²) in [6.07, 6.45) is -2.86. The van der Waals surface area contributed by atoms with Crippen molar-refractivity contribution in [2.45, 2.75) is 37.1 Å². The summed E-state index contributed by atoms with van der Waals surface area (Å²) in [7, 11) is 1.52. The molecule has 1 unspecified atom stereocenters. The first kappa shape index (κ1) is 27.7. The van der Waals surface area contributed by atoms with Gasteiger partial charge in [0.05, 0.1) is 19.4 Å². The smallest absolute Gasteiger partial charge is 0.497 e. The number of aliphatic hydroxyl groups is 1. The van der Waals surface area contributed by atoms with E-state index < -0.39 is 12.4 Å². The predicted octanol–water partition coefficient (Wildman–Crippen LogP) is 6.21. The minimum absolute atomic E-state index is 0.0657. The summed E-state index contributed by atoms with van der Waals surface area (Å²) >= 11 is 6.12. The Bertz CT molecular complexity index is 1480. The normalized spacial score (nSPS) is 15.6. The first-order valence-electron chi connectivity index (χ1n) is 12.6. The van der Waals surface area contributed by atoms with Crippen molar-refractivity contribution in [1.29, 1.82) is 0 Å². The maximum absolute atomic E-state index is 14.2. The van der Waals surface area contributed by atoms with Crippen molar-refractivity contribution in [3.63, 3.8) is 0 Å². The Morgan fingerprint density at radius 1 is 1.12 bits per heavy atom. The first-order chi connectivity index (χ1) is 19.1. The molecule has 1 aliphatic heterocycles. The zero-order valence-corrected chi connectivity index (χ0v) is 22.3. The Morgan fingerprint density at radius 3 is 2.52 bits per heavy atom. The highest BCUT2D eigenvalue weighted by Crippen LogP contribution is 2.57. The molecule has 208 valence electrons. The largest absolute Gasteiger partial charge is 0.573 e. The fourth-order valence-corrected chi connectivity index (χ4v) is 5.11. The van der Waals surface area contributed by atoms with E-state index in [-0.39, 0.29) is 23.7 Å². The van der Waals surface area contributed by atoms with Gasteiger partial charge in [-0.05, 0) is 54.3 Å². The quantitative estimate of drug-likeness (QED) is 0.330. The van der Waals surface area contributed by atoms with E-state index in [0.29, 0.717) is 46.2 Å². The van der Waals surface area contributed by atoms with Crippen LogP contribution in [0.5, 0.6) is 11.5 Å². The maximum Gasteiger partial charge on any atom is 0.573 e. The van der Waals surface area contributed by atoms with Gasteiger partial charge in [0.15, 0.2) is 0 Å². The van der Waals surface area contributed by atoms with Gasteiger partial charge in [0.25, 0.3) is 5.91 Å². The molecule has 1 atom stereocenters.